The van der Waals surface area contributed by atoms with Gasteiger partial charge in [0.05, 0.1) is 35.2 Å². The number of ether oxygens (including phenoxy) is 1. The van der Waals surface area contributed by atoms with Gasteiger partial charge in [0.25, 0.3) is 5.56 Å². The Morgan fingerprint density at radius 2 is 1.80 bits per heavy atom. The van der Waals surface area contributed by atoms with E-state index in [0.29, 0.717) is 69.4 Å². The fourth-order valence-electron chi connectivity index (χ4n) is 5.55. The van der Waals surface area contributed by atoms with Crippen molar-refractivity contribution in [2.24, 2.45) is 0 Å². The van der Waals surface area contributed by atoms with Crippen molar-refractivity contribution in [3.63, 3.8) is 0 Å². The Balaban J connectivity index is 0.000000470. The van der Waals surface area contributed by atoms with Gasteiger partial charge in [-0.05, 0) is 55.7 Å². The summed E-state index contributed by atoms with van der Waals surface area (Å²) < 4.78 is 72.0. The number of hydrogen-bond donors (Lipinski definition) is 1. The molecular formula is C33H33ClF5N7O4. The quantitative estimate of drug-likeness (QED) is 0.208. The van der Waals surface area contributed by atoms with E-state index in [0.717, 1.165) is 30.2 Å². The van der Waals surface area contributed by atoms with Gasteiger partial charge in [-0.3, -0.25) is 14.4 Å². The molecular weight excluding hydrogens is 689 g/mol. The second-order valence-corrected chi connectivity index (χ2v) is 11.9. The molecule has 1 saturated heterocycles. The van der Waals surface area contributed by atoms with Crippen LogP contribution in [0.1, 0.15) is 36.0 Å². The van der Waals surface area contributed by atoms with E-state index in [1.54, 1.807) is 9.47 Å². The summed E-state index contributed by atoms with van der Waals surface area (Å²) in [5, 5.41) is 6.80. The first-order chi connectivity index (χ1) is 23.8. The van der Waals surface area contributed by atoms with E-state index < -0.39 is 34.8 Å². The minimum absolute atomic E-state index is 0.0134. The van der Waals surface area contributed by atoms with E-state index in [9.17, 15) is 36.3 Å². The van der Waals surface area contributed by atoms with Gasteiger partial charge in [0.2, 0.25) is 18.1 Å². The summed E-state index contributed by atoms with van der Waals surface area (Å²) in [5.41, 5.74) is 0.459. The van der Waals surface area contributed by atoms with Gasteiger partial charge in [0.15, 0.2) is 5.82 Å². The number of amides is 2. The molecule has 0 atom stereocenters. The smallest absolute Gasteiger partial charge is 0.377 e. The molecule has 4 heterocycles. The number of piperazine rings is 1. The molecule has 0 aliphatic carbocycles. The summed E-state index contributed by atoms with van der Waals surface area (Å²) in [6, 6.07) is 6.49. The monoisotopic (exact) mass is 721 g/mol. The summed E-state index contributed by atoms with van der Waals surface area (Å²) in [5.74, 6) is -1.07. The lowest BCUT2D eigenvalue weighted by Crippen LogP contribution is -2.48. The SMILES string of the molecule is CCc1c(N2CCN(C=O)CC2)c(=O)n2nc(C3=CCOCC3)nc2n1CC(=O)Nc1ccc(C(F)(F)F)cc1Cl.Cc1c(F)cccc1F. The first-order valence-corrected chi connectivity index (χ1v) is 16.0. The predicted octanol–water partition coefficient (Wildman–Crippen LogP) is 5.12. The van der Waals surface area contributed by atoms with Crippen molar-refractivity contribution < 1.29 is 36.3 Å². The Bertz CT molecular complexity index is 1970. The third-order valence-electron chi connectivity index (χ3n) is 8.26. The molecule has 2 aromatic heterocycles. The summed E-state index contributed by atoms with van der Waals surface area (Å²) in [4.78, 5) is 46.4. The van der Waals surface area contributed by atoms with Gasteiger partial charge >= 0.3 is 6.18 Å². The molecule has 1 fully saturated rings. The van der Waals surface area contributed by atoms with Crippen LogP contribution in [0.5, 0.6) is 0 Å². The number of carbonyl (C=O) groups excluding carboxylic acids is 2. The lowest BCUT2D eigenvalue weighted by Gasteiger charge is -2.35. The highest BCUT2D eigenvalue weighted by atomic mass is 35.5. The number of fused-ring (bicyclic) bond motifs is 1. The average Bonchev–Trinajstić information content (AvgIpc) is 3.56. The molecule has 0 bridgehead atoms. The van der Waals surface area contributed by atoms with E-state index in [1.165, 1.54) is 29.6 Å². The van der Waals surface area contributed by atoms with E-state index in [4.69, 9.17) is 16.3 Å². The van der Waals surface area contributed by atoms with Crippen molar-refractivity contribution in [3.8, 4) is 0 Å². The number of halogens is 6. The van der Waals surface area contributed by atoms with Gasteiger partial charge in [0.1, 0.15) is 23.9 Å². The number of rotatable bonds is 7. The van der Waals surface area contributed by atoms with E-state index >= 15 is 0 Å². The molecule has 2 aromatic carbocycles. The zero-order valence-electron chi connectivity index (χ0n) is 27.1. The molecule has 11 nitrogen and oxygen atoms in total. The minimum Gasteiger partial charge on any atom is -0.377 e. The lowest BCUT2D eigenvalue weighted by molar-refractivity contribution is -0.137. The molecule has 50 heavy (non-hydrogen) atoms. The summed E-state index contributed by atoms with van der Waals surface area (Å²) >= 11 is 6.06. The summed E-state index contributed by atoms with van der Waals surface area (Å²) in [7, 11) is 0. The first-order valence-electron chi connectivity index (χ1n) is 15.6. The molecule has 17 heteroatoms. The fraction of sp³-hybridized carbons (Fsp3) is 0.364. The van der Waals surface area contributed by atoms with Gasteiger partial charge in [0, 0.05) is 31.7 Å². The number of nitrogens with one attached hydrogen (secondary N) is 1. The zero-order valence-corrected chi connectivity index (χ0v) is 27.8. The van der Waals surface area contributed by atoms with Crippen LogP contribution >= 0.6 is 11.6 Å². The largest absolute Gasteiger partial charge is 0.416 e. The van der Waals surface area contributed by atoms with Gasteiger partial charge in [-0.15, -0.1) is 5.10 Å². The standard InChI is InChI=1S/C26H27ClF3N7O4.C7H6F2/c1-2-20-22(35-9-7-34(15-38)8-10-35)24(40)37-25(32-23(33-37)16-5-11-41-12-6-16)36(20)14-21(39)31-19-4-3-17(13-18(19)27)26(28,29)30;1-5-6(8)3-2-4-7(5)9/h3-5,13,15H,2,6-12,14H2,1H3,(H,31,39);2-4H,1H3. The minimum atomic E-state index is -4.58. The first kappa shape index (κ1) is 36.5. The molecule has 4 aromatic rings. The molecule has 0 saturated carbocycles. The second kappa shape index (κ2) is 15.4. The van der Waals surface area contributed by atoms with E-state index in [2.05, 4.69) is 15.4 Å². The maximum Gasteiger partial charge on any atom is 0.416 e. The zero-order chi connectivity index (χ0) is 36.2. The van der Waals surface area contributed by atoms with Gasteiger partial charge in [-0.2, -0.15) is 22.7 Å². The highest BCUT2D eigenvalue weighted by Gasteiger charge is 2.31. The molecule has 266 valence electrons. The second-order valence-electron chi connectivity index (χ2n) is 11.5. The Morgan fingerprint density at radius 1 is 1.10 bits per heavy atom. The van der Waals surface area contributed by atoms with Crippen molar-refractivity contribution in [1.29, 1.82) is 0 Å². The maximum absolute atomic E-state index is 13.8. The Kier molecular flexibility index (Phi) is 11.2. The van der Waals surface area contributed by atoms with Crippen LogP contribution in [0.4, 0.5) is 33.3 Å². The van der Waals surface area contributed by atoms with Gasteiger partial charge in [-0.25, -0.2) is 8.78 Å². The molecule has 2 amide bonds. The predicted molar refractivity (Wildman–Crippen MR) is 176 cm³/mol. The van der Waals surface area contributed by atoms with Crippen LogP contribution in [0.3, 0.4) is 0 Å². The van der Waals surface area contributed by atoms with Crippen molar-refractivity contribution in [1.82, 2.24) is 24.1 Å². The van der Waals surface area contributed by atoms with Crippen LogP contribution in [0.2, 0.25) is 5.02 Å². The Hall–Kier alpha value is -4.83. The number of carbonyl (C=O) groups is 2. The van der Waals surface area contributed by atoms with E-state index in [-0.39, 0.29) is 28.6 Å². The number of hydrogen-bond acceptors (Lipinski definition) is 7. The number of alkyl halides is 3. The molecule has 0 radical (unpaired) electrons. The van der Waals surface area contributed by atoms with Crippen LogP contribution in [-0.2, 0) is 33.5 Å². The van der Waals surface area contributed by atoms with Crippen molar-refractivity contribution in [3.05, 3.63) is 92.1 Å². The molecule has 6 rings (SSSR count). The average molecular weight is 722 g/mol. The topological polar surface area (TPSA) is 114 Å². The molecule has 2 aliphatic heterocycles. The Labute approximate surface area is 287 Å². The maximum atomic E-state index is 13.8. The highest BCUT2D eigenvalue weighted by Crippen LogP contribution is 2.34. The summed E-state index contributed by atoms with van der Waals surface area (Å²) in [6.07, 6.45) is -1.06. The summed E-state index contributed by atoms with van der Waals surface area (Å²) in [6.45, 7) is 5.46. The van der Waals surface area contributed by atoms with Gasteiger partial charge < -0.3 is 24.4 Å². The van der Waals surface area contributed by atoms with Crippen LogP contribution in [0.15, 0.2) is 47.3 Å². The van der Waals surface area contributed by atoms with Crippen LogP contribution in [0.25, 0.3) is 11.4 Å². The number of anilines is 2. The number of nitrogens with zero attached hydrogens (tertiary/aromatic N) is 6. The lowest BCUT2D eigenvalue weighted by atomic mass is 10.1. The van der Waals surface area contributed by atoms with Gasteiger partial charge in [-0.1, -0.05) is 30.7 Å². The Morgan fingerprint density at radius 3 is 2.36 bits per heavy atom. The van der Waals surface area contributed by atoms with Crippen LogP contribution < -0.4 is 15.8 Å². The van der Waals surface area contributed by atoms with Crippen molar-refractivity contribution in [2.75, 3.05) is 49.6 Å². The molecule has 0 spiro atoms. The van der Waals surface area contributed by atoms with Crippen molar-refractivity contribution in [2.45, 2.75) is 39.4 Å². The van der Waals surface area contributed by atoms with Crippen molar-refractivity contribution >= 4 is 46.6 Å². The fourth-order valence-corrected chi connectivity index (χ4v) is 5.78. The molecule has 1 N–H and O–H groups in total. The molecule has 2 aliphatic rings. The third-order valence-corrected chi connectivity index (χ3v) is 8.58. The van der Waals surface area contributed by atoms with Crippen LogP contribution in [-0.4, -0.2) is 75.8 Å². The van der Waals surface area contributed by atoms with Crippen LogP contribution in [0, 0.1) is 18.6 Å². The number of aromatic nitrogens is 4. The normalized spacial score (nSPS) is 15.0. The number of benzene rings is 2. The highest BCUT2D eigenvalue weighted by molar-refractivity contribution is 6.33. The van der Waals surface area contributed by atoms with E-state index in [1.807, 2.05) is 17.9 Å². The molecule has 0 unspecified atom stereocenters. The third kappa shape index (κ3) is 7.97.